The highest BCUT2D eigenvalue weighted by Gasteiger charge is 2.44. The first-order chi connectivity index (χ1) is 6.46. The zero-order valence-corrected chi connectivity index (χ0v) is 8.38. The van der Waals surface area contributed by atoms with Crippen LogP contribution in [0.25, 0.3) is 0 Å². The summed E-state index contributed by atoms with van der Waals surface area (Å²) < 4.78 is 37.2. The molecule has 0 fully saturated rings. The van der Waals surface area contributed by atoms with Crippen LogP contribution in [0.3, 0.4) is 0 Å². The van der Waals surface area contributed by atoms with Gasteiger partial charge in [0.1, 0.15) is 6.04 Å². The summed E-state index contributed by atoms with van der Waals surface area (Å²) >= 11 is 0. The van der Waals surface area contributed by atoms with Gasteiger partial charge in [-0.2, -0.15) is 13.2 Å². The molecule has 0 aromatic rings. The molecule has 0 aromatic heterocycles. The lowest BCUT2D eigenvalue weighted by atomic mass is 10.3. The summed E-state index contributed by atoms with van der Waals surface area (Å²) in [5.41, 5.74) is 0. The van der Waals surface area contributed by atoms with Gasteiger partial charge in [0.15, 0.2) is 0 Å². The van der Waals surface area contributed by atoms with Crippen molar-refractivity contribution in [2.45, 2.75) is 32.0 Å². The van der Waals surface area contributed by atoms with Crippen molar-refractivity contribution in [3.63, 3.8) is 0 Å². The first-order valence-corrected chi connectivity index (χ1v) is 4.71. The van der Waals surface area contributed by atoms with E-state index in [1.165, 1.54) is 24.3 Å². The number of nitrogens with zero attached hydrogens (tertiary/aromatic N) is 2. The number of likely N-dealkylation sites (N-methyl/N-ethyl adjacent to an activating group) is 1. The fraction of sp³-hybridized carbons (Fsp3) is 0.778. The van der Waals surface area contributed by atoms with E-state index in [1.54, 1.807) is 5.01 Å². The summed E-state index contributed by atoms with van der Waals surface area (Å²) in [6.07, 6.45) is 0.407. The summed E-state index contributed by atoms with van der Waals surface area (Å²) in [6.45, 7) is 2.66. The molecular formula is C9H15F3N2. The predicted octanol–water partition coefficient (Wildman–Crippen LogP) is 2.39. The Hall–Kier alpha value is -0.710. The Morgan fingerprint density at radius 2 is 2.00 bits per heavy atom. The van der Waals surface area contributed by atoms with Crippen molar-refractivity contribution >= 4 is 0 Å². The number of rotatable bonds is 3. The molecule has 1 unspecified atom stereocenters. The van der Waals surface area contributed by atoms with E-state index in [-0.39, 0.29) is 0 Å². The topological polar surface area (TPSA) is 6.48 Å². The lowest BCUT2D eigenvalue weighted by Crippen LogP contribution is -2.45. The van der Waals surface area contributed by atoms with Gasteiger partial charge in [-0.05, 0) is 12.5 Å². The molecule has 82 valence electrons. The average molecular weight is 208 g/mol. The van der Waals surface area contributed by atoms with E-state index in [0.717, 1.165) is 12.8 Å². The van der Waals surface area contributed by atoms with Crippen LogP contribution in [0.2, 0.25) is 0 Å². The van der Waals surface area contributed by atoms with Gasteiger partial charge in [-0.3, -0.25) is 0 Å². The van der Waals surface area contributed by atoms with Gasteiger partial charge in [-0.15, -0.1) is 0 Å². The van der Waals surface area contributed by atoms with Crippen LogP contribution in [0.5, 0.6) is 0 Å². The first-order valence-electron chi connectivity index (χ1n) is 4.71. The molecular weight excluding hydrogens is 193 g/mol. The molecule has 1 rings (SSSR count). The zero-order chi connectivity index (χ0) is 10.8. The van der Waals surface area contributed by atoms with Gasteiger partial charge < -0.3 is 5.01 Å². The maximum atomic E-state index is 12.4. The van der Waals surface area contributed by atoms with Gasteiger partial charge in [0.2, 0.25) is 0 Å². The minimum absolute atomic E-state index is 0.649. The van der Waals surface area contributed by atoms with Crippen molar-refractivity contribution in [1.82, 2.24) is 10.0 Å². The smallest absolute Gasteiger partial charge is 0.313 e. The summed E-state index contributed by atoms with van der Waals surface area (Å²) in [5.74, 6) is 0. The number of hydrogen-bond donors (Lipinski definition) is 0. The molecule has 0 saturated carbocycles. The summed E-state index contributed by atoms with van der Waals surface area (Å²) in [6, 6.07) is -1.46. The molecule has 1 aliphatic heterocycles. The van der Waals surface area contributed by atoms with Gasteiger partial charge in [0.05, 0.1) is 0 Å². The number of hydrazine groups is 1. The van der Waals surface area contributed by atoms with Crippen molar-refractivity contribution in [3.05, 3.63) is 12.3 Å². The minimum atomic E-state index is -4.17. The lowest BCUT2D eigenvalue weighted by Gasteiger charge is -2.30. The second-order valence-electron chi connectivity index (χ2n) is 3.42. The Balaban J connectivity index is 2.52. The van der Waals surface area contributed by atoms with Crippen molar-refractivity contribution in [3.8, 4) is 0 Å². The molecule has 0 radical (unpaired) electrons. The SMILES string of the molecule is CCCCN1C=CC(C(F)(F)F)N1C. The van der Waals surface area contributed by atoms with E-state index >= 15 is 0 Å². The molecule has 5 heteroatoms. The molecule has 0 spiro atoms. The number of halogens is 3. The van der Waals surface area contributed by atoms with E-state index in [9.17, 15) is 13.2 Å². The highest BCUT2D eigenvalue weighted by atomic mass is 19.4. The van der Waals surface area contributed by atoms with Gasteiger partial charge in [-0.25, -0.2) is 5.01 Å². The van der Waals surface area contributed by atoms with Gasteiger partial charge in [0, 0.05) is 19.8 Å². The highest BCUT2D eigenvalue weighted by molar-refractivity contribution is 5.03. The van der Waals surface area contributed by atoms with Crippen molar-refractivity contribution in [2.75, 3.05) is 13.6 Å². The van der Waals surface area contributed by atoms with Crippen LogP contribution in [0.15, 0.2) is 12.3 Å². The predicted molar refractivity (Wildman–Crippen MR) is 48.4 cm³/mol. The summed E-state index contributed by atoms with van der Waals surface area (Å²) in [5, 5.41) is 2.84. The molecule has 0 amide bonds. The first kappa shape index (κ1) is 11.4. The van der Waals surface area contributed by atoms with E-state index < -0.39 is 12.2 Å². The number of unbranched alkanes of at least 4 members (excludes halogenated alkanes) is 1. The van der Waals surface area contributed by atoms with Gasteiger partial charge in [0.25, 0.3) is 0 Å². The molecule has 0 aliphatic carbocycles. The molecule has 0 saturated heterocycles. The van der Waals surface area contributed by atoms with E-state index in [1.807, 2.05) is 6.92 Å². The largest absolute Gasteiger partial charge is 0.409 e. The normalized spacial score (nSPS) is 23.5. The monoisotopic (exact) mass is 208 g/mol. The molecule has 14 heavy (non-hydrogen) atoms. The van der Waals surface area contributed by atoms with Crippen LogP contribution in [-0.2, 0) is 0 Å². The molecule has 0 aromatic carbocycles. The third-order valence-electron chi connectivity index (χ3n) is 2.32. The molecule has 0 N–H and O–H groups in total. The molecule has 1 aliphatic rings. The summed E-state index contributed by atoms with van der Waals surface area (Å²) in [7, 11) is 1.47. The van der Waals surface area contributed by atoms with Gasteiger partial charge in [-0.1, -0.05) is 13.3 Å². The van der Waals surface area contributed by atoms with E-state index in [2.05, 4.69) is 0 Å². The van der Waals surface area contributed by atoms with Crippen LogP contribution in [0, 0.1) is 0 Å². The Morgan fingerprint density at radius 1 is 1.36 bits per heavy atom. The standard InChI is InChI=1S/C9H15F3N2/c1-3-4-6-14-7-5-8(13(14)2)9(10,11)12/h5,7-8H,3-4,6H2,1-2H3. The van der Waals surface area contributed by atoms with Crippen molar-refractivity contribution in [1.29, 1.82) is 0 Å². The quantitative estimate of drug-likeness (QED) is 0.702. The Bertz CT molecular complexity index is 213. The second-order valence-corrected chi connectivity index (χ2v) is 3.42. The molecule has 0 bridgehead atoms. The van der Waals surface area contributed by atoms with Gasteiger partial charge >= 0.3 is 6.18 Å². The van der Waals surface area contributed by atoms with Crippen LogP contribution in [0.1, 0.15) is 19.8 Å². The van der Waals surface area contributed by atoms with E-state index in [4.69, 9.17) is 0 Å². The number of hydrogen-bond acceptors (Lipinski definition) is 2. The third-order valence-corrected chi connectivity index (χ3v) is 2.32. The molecule has 1 atom stereocenters. The third kappa shape index (κ3) is 2.41. The maximum Gasteiger partial charge on any atom is 0.409 e. The fourth-order valence-corrected chi connectivity index (χ4v) is 1.44. The average Bonchev–Trinajstić information content (AvgIpc) is 2.42. The van der Waals surface area contributed by atoms with Crippen LogP contribution < -0.4 is 0 Å². The minimum Gasteiger partial charge on any atom is -0.313 e. The van der Waals surface area contributed by atoms with E-state index in [0.29, 0.717) is 6.54 Å². The second kappa shape index (κ2) is 4.21. The maximum absolute atomic E-state index is 12.4. The van der Waals surface area contributed by atoms with Crippen LogP contribution in [0.4, 0.5) is 13.2 Å². The zero-order valence-electron chi connectivity index (χ0n) is 8.38. The molecule has 2 nitrogen and oxygen atoms in total. The Morgan fingerprint density at radius 3 is 2.43 bits per heavy atom. The van der Waals surface area contributed by atoms with Crippen molar-refractivity contribution in [2.24, 2.45) is 0 Å². The Kier molecular flexibility index (Phi) is 3.42. The summed E-state index contributed by atoms with van der Waals surface area (Å²) in [4.78, 5) is 0. The van der Waals surface area contributed by atoms with Crippen LogP contribution >= 0.6 is 0 Å². The number of alkyl halides is 3. The highest BCUT2D eigenvalue weighted by Crippen LogP contribution is 2.29. The lowest BCUT2D eigenvalue weighted by molar-refractivity contribution is -0.186. The van der Waals surface area contributed by atoms with Crippen molar-refractivity contribution < 1.29 is 13.2 Å². The fourth-order valence-electron chi connectivity index (χ4n) is 1.44. The molecule has 1 heterocycles. The van der Waals surface area contributed by atoms with Crippen LogP contribution in [-0.4, -0.2) is 35.8 Å². The Labute approximate surface area is 81.9 Å².